The van der Waals surface area contributed by atoms with Gasteiger partial charge in [0.2, 0.25) is 23.7 Å². The summed E-state index contributed by atoms with van der Waals surface area (Å²) >= 11 is 0. The third kappa shape index (κ3) is 15.2. The number of nitrogens with zero attached hydrogens (tertiary/aromatic N) is 10. The number of benzene rings is 3. The van der Waals surface area contributed by atoms with Gasteiger partial charge in [-0.05, 0) is 128 Å². The quantitative estimate of drug-likeness (QED) is 0.0409. The Balaban J connectivity index is 0.000000152. The van der Waals surface area contributed by atoms with Crippen LogP contribution in [0, 0.1) is 6.92 Å². The first-order valence-corrected chi connectivity index (χ1v) is 29.3. The second-order valence-corrected chi connectivity index (χ2v) is 20.5. The maximum absolute atomic E-state index is 12.6. The van der Waals surface area contributed by atoms with Gasteiger partial charge in [0, 0.05) is 115 Å². The molecular weight excluding hydrogens is 1170 g/mol. The molecule has 92 heavy (non-hydrogen) atoms. The minimum Gasteiger partial charge on any atom is -0.497 e. The normalized spacial score (nSPS) is 10.8. The summed E-state index contributed by atoms with van der Waals surface area (Å²) < 4.78 is 12.0. The smallest absolute Gasteiger partial charge is 0.321 e. The highest BCUT2D eigenvalue weighted by atomic mass is 16.5. The molecule has 6 amide bonds. The highest BCUT2D eigenvalue weighted by Gasteiger charge is 2.20. The summed E-state index contributed by atoms with van der Waals surface area (Å²) in [7, 11) is 3.19. The van der Waals surface area contributed by atoms with Crippen LogP contribution in [0.25, 0.3) is 100 Å². The molecular formula is C66H65N19O7. The average Bonchev–Trinajstić information content (AvgIpc) is 1.70. The van der Waals surface area contributed by atoms with E-state index in [1.165, 1.54) is 17.0 Å². The van der Waals surface area contributed by atoms with E-state index in [9.17, 15) is 24.0 Å². The first-order chi connectivity index (χ1) is 44.7. The number of imidazole rings is 3. The number of ketones is 1. The maximum Gasteiger partial charge on any atom is 0.321 e. The van der Waals surface area contributed by atoms with Crippen LogP contribution < -0.4 is 46.9 Å². The number of Topliss-reactive ketones (excluding diaryl/α,β-unsaturated/α-hetero) is 1. The van der Waals surface area contributed by atoms with Crippen LogP contribution in [0.1, 0.15) is 39.7 Å². The Morgan fingerprint density at radius 2 is 1.02 bits per heavy atom. The van der Waals surface area contributed by atoms with Crippen LogP contribution in [-0.2, 0) is 11.3 Å². The summed E-state index contributed by atoms with van der Waals surface area (Å²) in [6, 6.07) is 30.9. The van der Waals surface area contributed by atoms with Gasteiger partial charge < -0.3 is 44.9 Å². The number of H-pyrrole nitrogens is 3. The number of aromatic amines is 3. The number of amides is 6. The lowest BCUT2D eigenvalue weighted by Gasteiger charge is -2.09. The SMILES string of the molecule is CCNC(=O)Nc1nc2c(-c3cc(C)ccn3)cc(-c3ccn(CC(=O)CC)c(=O)c3)cc2[nH]1.CCNC(=O)Nc1nc2c(-c3cc(OC)ccn3)cc(-c3cccnc3)cc2[nH]1.CCNC(=O)Nc1nc2c(-c3cccc(OC)n3)cc(-c3cncnc3)cc2[nH]1. The Labute approximate surface area is 526 Å². The minimum absolute atomic E-state index is 0.00585. The Morgan fingerprint density at radius 1 is 0.500 bits per heavy atom. The van der Waals surface area contributed by atoms with Crippen molar-refractivity contribution in [2.45, 2.75) is 47.6 Å². The van der Waals surface area contributed by atoms with E-state index in [-0.39, 0.29) is 36.0 Å². The average molecular weight is 1240 g/mol. The van der Waals surface area contributed by atoms with Crippen LogP contribution in [0.4, 0.5) is 32.2 Å². The Morgan fingerprint density at radius 3 is 1.52 bits per heavy atom. The third-order valence-electron chi connectivity index (χ3n) is 14.1. The molecule has 0 saturated carbocycles. The van der Waals surface area contributed by atoms with E-state index in [2.05, 4.69) is 91.7 Å². The van der Waals surface area contributed by atoms with Crippen molar-refractivity contribution in [3.63, 3.8) is 0 Å². The molecule has 0 saturated heterocycles. The zero-order chi connectivity index (χ0) is 64.7. The molecule has 0 aliphatic heterocycles. The van der Waals surface area contributed by atoms with Gasteiger partial charge in [-0.15, -0.1) is 0 Å². The number of aryl methyl sites for hydroxylation is 1. The summed E-state index contributed by atoms with van der Waals surface area (Å²) in [6.07, 6.45) is 13.9. The summed E-state index contributed by atoms with van der Waals surface area (Å²) in [5, 5.41) is 16.2. The first-order valence-electron chi connectivity index (χ1n) is 29.3. The molecule has 9 aromatic heterocycles. The molecule has 0 spiro atoms. The molecule has 0 aliphatic carbocycles. The van der Waals surface area contributed by atoms with Gasteiger partial charge in [0.15, 0.2) is 5.78 Å². The van der Waals surface area contributed by atoms with Crippen molar-refractivity contribution in [2.75, 3.05) is 49.8 Å². The molecule has 26 heteroatoms. The molecule has 12 aromatic rings. The predicted octanol–water partition coefficient (Wildman–Crippen LogP) is 11.0. The van der Waals surface area contributed by atoms with E-state index < -0.39 is 0 Å². The third-order valence-corrected chi connectivity index (χ3v) is 14.1. The number of ether oxygens (including phenoxy) is 2. The van der Waals surface area contributed by atoms with E-state index in [4.69, 9.17) is 9.47 Å². The molecule has 3 aromatic carbocycles. The number of pyridine rings is 5. The van der Waals surface area contributed by atoms with Gasteiger partial charge >= 0.3 is 18.1 Å². The van der Waals surface area contributed by atoms with E-state index in [1.807, 2.05) is 113 Å². The largest absolute Gasteiger partial charge is 0.497 e. The predicted molar refractivity (Wildman–Crippen MR) is 353 cm³/mol. The van der Waals surface area contributed by atoms with Crippen molar-refractivity contribution < 1.29 is 28.7 Å². The minimum atomic E-state index is -0.359. The van der Waals surface area contributed by atoms with Gasteiger partial charge in [0.05, 0.1) is 70.9 Å². The highest BCUT2D eigenvalue weighted by Crippen LogP contribution is 2.37. The zero-order valence-electron chi connectivity index (χ0n) is 51.3. The maximum atomic E-state index is 12.6. The van der Waals surface area contributed by atoms with Crippen molar-refractivity contribution >= 4 is 74.8 Å². The Hall–Kier alpha value is -12.2. The van der Waals surface area contributed by atoms with Gasteiger partial charge in [0.1, 0.15) is 12.1 Å². The second kappa shape index (κ2) is 29.2. The number of urea groups is 3. The van der Waals surface area contributed by atoms with Gasteiger partial charge in [-0.1, -0.05) is 19.1 Å². The highest BCUT2D eigenvalue weighted by molar-refractivity contribution is 6.01. The standard InChI is InChI=1S/C25H26N6O3.C21H20N6O2.C20H19N7O2/c1-4-18(32)14-31-9-7-16(13-22(31)33)17-11-19(20-10-15(3)6-8-27-20)23-21(12-17)28-24(29-23)30-25(34)26-5-2;1-3-23-21(28)27-20-25-18-10-14(13-5-4-7-22-12-13)9-16(19(18)26-20)17-11-15(29-2)6-8-24-17;1-3-23-20(28)27-19-25-16-8-12(13-9-21-11-22-10-13)7-14(18(16)26-19)15-5-4-6-17(24-15)29-2/h6-13H,4-5,14H2,1-3H3,(H3,26,28,29,30,34);4-12H,3H2,1-2H3,(H3,23,25,26,27,28);4-11H,3H2,1-2H3,(H3,23,25,26,27,28). The fourth-order valence-electron chi connectivity index (χ4n) is 9.70. The van der Waals surface area contributed by atoms with Gasteiger partial charge in [-0.3, -0.25) is 40.5 Å². The molecule has 9 N–H and O–H groups in total. The number of nitrogens with one attached hydrogen (secondary N) is 9. The van der Waals surface area contributed by atoms with Crippen molar-refractivity contribution in [1.29, 1.82) is 0 Å². The Bertz CT molecular complexity index is 4500. The second-order valence-electron chi connectivity index (χ2n) is 20.5. The number of carbonyl (C=O) groups is 4. The number of rotatable bonds is 17. The number of fused-ring (bicyclic) bond motifs is 3. The van der Waals surface area contributed by atoms with Crippen LogP contribution in [0.5, 0.6) is 11.6 Å². The molecule has 466 valence electrons. The molecule has 0 fully saturated rings. The van der Waals surface area contributed by atoms with E-state index >= 15 is 0 Å². The molecule has 12 rings (SSSR count). The fraction of sp³-hybridized carbons (Fsp3) is 0.182. The van der Waals surface area contributed by atoms with Gasteiger partial charge in [-0.2, -0.15) is 0 Å². The molecule has 0 unspecified atom stereocenters. The summed E-state index contributed by atoms with van der Waals surface area (Å²) in [4.78, 5) is 109. The van der Waals surface area contributed by atoms with Crippen LogP contribution in [0.3, 0.4) is 0 Å². The summed E-state index contributed by atoms with van der Waals surface area (Å²) in [5.74, 6) is 2.20. The molecule has 0 bridgehead atoms. The molecule has 26 nitrogen and oxygen atoms in total. The van der Waals surface area contributed by atoms with Crippen LogP contribution in [0.2, 0.25) is 0 Å². The van der Waals surface area contributed by atoms with Gasteiger partial charge in [0.25, 0.3) is 5.56 Å². The number of anilines is 3. The van der Waals surface area contributed by atoms with E-state index in [1.54, 1.807) is 76.7 Å². The van der Waals surface area contributed by atoms with E-state index in [0.717, 1.165) is 72.5 Å². The van der Waals surface area contributed by atoms with Crippen molar-refractivity contribution in [3.05, 3.63) is 169 Å². The van der Waals surface area contributed by atoms with Crippen LogP contribution in [-0.4, -0.2) is 122 Å². The molecule has 0 atom stereocenters. The lowest BCUT2D eigenvalue weighted by Crippen LogP contribution is -2.28. The molecule has 0 aliphatic rings. The number of hydrogen-bond donors (Lipinski definition) is 9. The lowest BCUT2D eigenvalue weighted by atomic mass is 10.00. The fourth-order valence-corrected chi connectivity index (χ4v) is 9.70. The van der Waals surface area contributed by atoms with E-state index in [0.29, 0.717) is 88.9 Å². The lowest BCUT2D eigenvalue weighted by molar-refractivity contribution is -0.119. The van der Waals surface area contributed by atoms with Crippen LogP contribution >= 0.6 is 0 Å². The van der Waals surface area contributed by atoms with Crippen molar-refractivity contribution in [1.82, 2.24) is 80.3 Å². The van der Waals surface area contributed by atoms with Crippen molar-refractivity contribution in [2.24, 2.45) is 0 Å². The molecule has 9 heterocycles. The van der Waals surface area contributed by atoms with Crippen LogP contribution in [0.15, 0.2) is 158 Å². The topological polar surface area (TPSA) is 344 Å². The number of methoxy groups -OCH3 is 2. The van der Waals surface area contributed by atoms with Crippen molar-refractivity contribution in [3.8, 4) is 78.8 Å². The summed E-state index contributed by atoms with van der Waals surface area (Å²) in [5.41, 5.74) is 14.7. The molecule has 0 radical (unpaired) electrons. The van der Waals surface area contributed by atoms with Gasteiger partial charge in [-0.25, -0.2) is 44.3 Å². The zero-order valence-corrected chi connectivity index (χ0v) is 51.3. The summed E-state index contributed by atoms with van der Waals surface area (Å²) in [6.45, 7) is 10.9. The monoisotopic (exact) mass is 1240 g/mol. The first kappa shape index (κ1) is 62.8. The number of hydrogen-bond acceptors (Lipinski definition) is 16. The number of aromatic nitrogens is 13. The number of carbonyl (C=O) groups excluding carboxylic acids is 4. The Kier molecular flexibility index (Phi) is 19.9.